The van der Waals surface area contributed by atoms with E-state index in [4.69, 9.17) is 4.74 Å². The van der Waals surface area contributed by atoms with Crippen LogP contribution in [0.4, 0.5) is 11.4 Å². The zero-order chi connectivity index (χ0) is 24.4. The number of nitro benzene ring substituents is 1. The van der Waals surface area contributed by atoms with Gasteiger partial charge in [0.25, 0.3) is 11.6 Å². The Bertz CT molecular complexity index is 1390. The SMILES string of the molecule is Cc1ccccc1Oc1cc(NC(=O)c2ccn(Cn3nc(C)c(Br)c3C)n2)cc([N+](=O)[O-])c1. The molecule has 0 radical (unpaired) electrons. The maximum atomic E-state index is 12.8. The van der Waals surface area contributed by atoms with Gasteiger partial charge in [0.05, 0.1) is 32.5 Å². The number of nitrogens with one attached hydrogen (secondary N) is 1. The number of nitro groups is 1. The standard InChI is InChI=1S/C23H21BrN6O4/c1-14-6-4-5-7-21(14)34-19-11-17(10-18(12-19)30(32)33)25-23(31)20-8-9-28(27-20)13-29-16(3)22(24)15(2)26-29/h4-12H,13H2,1-3H3,(H,25,31). The number of hydrogen-bond acceptors (Lipinski definition) is 6. The summed E-state index contributed by atoms with van der Waals surface area (Å²) < 4.78 is 10.1. The number of non-ortho nitro benzene ring substituents is 1. The van der Waals surface area contributed by atoms with E-state index in [2.05, 4.69) is 31.4 Å². The highest BCUT2D eigenvalue weighted by atomic mass is 79.9. The predicted molar refractivity (Wildman–Crippen MR) is 129 cm³/mol. The molecule has 0 atom stereocenters. The van der Waals surface area contributed by atoms with Crippen molar-refractivity contribution in [3.63, 3.8) is 0 Å². The predicted octanol–water partition coefficient (Wildman–Crippen LogP) is 5.23. The molecule has 2 heterocycles. The van der Waals surface area contributed by atoms with E-state index in [1.807, 2.05) is 39.0 Å². The molecule has 0 saturated heterocycles. The normalized spacial score (nSPS) is 10.8. The highest BCUT2D eigenvalue weighted by Crippen LogP contribution is 2.31. The van der Waals surface area contributed by atoms with Gasteiger partial charge in [0.2, 0.25) is 0 Å². The molecule has 0 aliphatic rings. The summed E-state index contributed by atoms with van der Waals surface area (Å²) in [7, 11) is 0. The van der Waals surface area contributed by atoms with Crippen LogP contribution in [-0.4, -0.2) is 30.4 Å². The third-order valence-corrected chi connectivity index (χ3v) is 6.27. The van der Waals surface area contributed by atoms with Crippen LogP contribution in [0.15, 0.2) is 59.2 Å². The third-order valence-electron chi connectivity index (χ3n) is 5.13. The van der Waals surface area contributed by atoms with Gasteiger partial charge in [-0.15, -0.1) is 0 Å². The smallest absolute Gasteiger partial charge is 0.276 e. The summed E-state index contributed by atoms with van der Waals surface area (Å²) in [6.07, 6.45) is 1.67. The highest BCUT2D eigenvalue weighted by Gasteiger charge is 2.16. The molecule has 1 N–H and O–H groups in total. The number of amides is 1. The molecule has 0 aliphatic heterocycles. The maximum Gasteiger partial charge on any atom is 0.276 e. The van der Waals surface area contributed by atoms with Gasteiger partial charge in [-0.25, -0.2) is 4.68 Å². The van der Waals surface area contributed by atoms with Crippen LogP contribution in [0.3, 0.4) is 0 Å². The van der Waals surface area contributed by atoms with Crippen molar-refractivity contribution >= 4 is 33.2 Å². The monoisotopic (exact) mass is 524 g/mol. The van der Waals surface area contributed by atoms with Crippen molar-refractivity contribution < 1.29 is 14.5 Å². The second-order valence-corrected chi connectivity index (χ2v) is 8.45. The van der Waals surface area contributed by atoms with Crippen LogP contribution in [-0.2, 0) is 6.67 Å². The van der Waals surface area contributed by atoms with Crippen LogP contribution in [0.2, 0.25) is 0 Å². The maximum absolute atomic E-state index is 12.8. The molecule has 1 amide bonds. The van der Waals surface area contributed by atoms with E-state index in [9.17, 15) is 14.9 Å². The summed E-state index contributed by atoms with van der Waals surface area (Å²) in [5, 5.41) is 22.8. The van der Waals surface area contributed by atoms with Gasteiger partial charge in [0.1, 0.15) is 18.2 Å². The van der Waals surface area contributed by atoms with Gasteiger partial charge in [0.15, 0.2) is 5.69 Å². The van der Waals surface area contributed by atoms with Gasteiger partial charge >= 0.3 is 0 Å². The Kier molecular flexibility index (Phi) is 6.46. The molecule has 2 aromatic heterocycles. The fourth-order valence-corrected chi connectivity index (χ4v) is 3.61. The van der Waals surface area contributed by atoms with Crippen LogP contribution in [0.25, 0.3) is 0 Å². The molecule has 2 aromatic carbocycles. The molecule has 0 unspecified atom stereocenters. The molecule has 4 rings (SSSR count). The molecule has 34 heavy (non-hydrogen) atoms. The first-order chi connectivity index (χ1) is 16.2. The molecule has 11 heteroatoms. The van der Waals surface area contributed by atoms with Gasteiger partial charge in [0, 0.05) is 18.3 Å². The van der Waals surface area contributed by atoms with E-state index in [0.717, 1.165) is 21.4 Å². The number of aryl methyl sites for hydroxylation is 2. The molecule has 174 valence electrons. The number of ether oxygens (including phenoxy) is 1. The van der Waals surface area contributed by atoms with Crippen molar-refractivity contribution in [2.45, 2.75) is 27.4 Å². The Morgan fingerprint density at radius 3 is 2.59 bits per heavy atom. The van der Waals surface area contributed by atoms with Gasteiger partial charge in [-0.3, -0.25) is 19.6 Å². The van der Waals surface area contributed by atoms with Crippen molar-refractivity contribution in [1.82, 2.24) is 19.6 Å². The average molecular weight is 525 g/mol. The number of nitrogens with zero attached hydrogens (tertiary/aromatic N) is 5. The Labute approximate surface area is 203 Å². The number of rotatable bonds is 7. The molecular formula is C23H21BrN6O4. The van der Waals surface area contributed by atoms with E-state index in [1.54, 1.807) is 27.7 Å². The quantitative estimate of drug-likeness (QED) is 0.261. The van der Waals surface area contributed by atoms with Gasteiger partial charge in [-0.2, -0.15) is 10.2 Å². The molecule has 10 nitrogen and oxygen atoms in total. The van der Waals surface area contributed by atoms with Crippen molar-refractivity contribution in [3.05, 3.63) is 92.0 Å². The first kappa shape index (κ1) is 23.2. The number of benzene rings is 2. The molecule has 0 bridgehead atoms. The topological polar surface area (TPSA) is 117 Å². The minimum Gasteiger partial charge on any atom is -0.457 e. The lowest BCUT2D eigenvalue weighted by Gasteiger charge is -2.10. The minimum atomic E-state index is -0.540. The number of carbonyl (C=O) groups excluding carboxylic acids is 1. The number of carbonyl (C=O) groups is 1. The summed E-state index contributed by atoms with van der Waals surface area (Å²) in [6.45, 7) is 6.03. The highest BCUT2D eigenvalue weighted by molar-refractivity contribution is 9.10. The lowest BCUT2D eigenvalue weighted by atomic mass is 10.2. The Morgan fingerprint density at radius 2 is 1.91 bits per heavy atom. The Balaban J connectivity index is 1.53. The van der Waals surface area contributed by atoms with E-state index >= 15 is 0 Å². The van der Waals surface area contributed by atoms with Crippen LogP contribution < -0.4 is 10.1 Å². The van der Waals surface area contributed by atoms with Crippen molar-refractivity contribution in [3.8, 4) is 11.5 Å². The number of aromatic nitrogens is 4. The zero-order valence-electron chi connectivity index (χ0n) is 18.7. The summed E-state index contributed by atoms with van der Waals surface area (Å²) in [5.41, 5.74) is 2.85. The van der Waals surface area contributed by atoms with Crippen molar-refractivity contribution in [2.75, 3.05) is 5.32 Å². The molecular weight excluding hydrogens is 504 g/mol. The fraction of sp³-hybridized carbons (Fsp3) is 0.174. The van der Waals surface area contributed by atoms with E-state index in [0.29, 0.717) is 12.4 Å². The number of hydrogen-bond donors (Lipinski definition) is 1. The van der Waals surface area contributed by atoms with Gasteiger partial charge in [-0.1, -0.05) is 18.2 Å². The second-order valence-electron chi connectivity index (χ2n) is 7.66. The summed E-state index contributed by atoms with van der Waals surface area (Å²) in [5.74, 6) is 0.296. The fourth-order valence-electron chi connectivity index (χ4n) is 3.32. The zero-order valence-corrected chi connectivity index (χ0v) is 20.2. The Hall–Kier alpha value is -3.99. The van der Waals surface area contributed by atoms with Crippen molar-refractivity contribution in [2.24, 2.45) is 0 Å². The molecule has 0 spiro atoms. The summed E-state index contributed by atoms with van der Waals surface area (Å²) in [4.78, 5) is 23.7. The van der Waals surface area contributed by atoms with Crippen LogP contribution in [0, 0.1) is 30.9 Å². The first-order valence-corrected chi connectivity index (χ1v) is 11.1. The second kappa shape index (κ2) is 9.48. The molecule has 4 aromatic rings. The first-order valence-electron chi connectivity index (χ1n) is 10.3. The third kappa shape index (κ3) is 4.99. The Morgan fingerprint density at radius 1 is 1.15 bits per heavy atom. The molecule has 0 fully saturated rings. The molecule has 0 saturated carbocycles. The lowest BCUT2D eigenvalue weighted by Crippen LogP contribution is -2.16. The largest absolute Gasteiger partial charge is 0.457 e. The van der Waals surface area contributed by atoms with Gasteiger partial charge in [-0.05, 0) is 54.4 Å². The van der Waals surface area contributed by atoms with Crippen LogP contribution in [0.5, 0.6) is 11.5 Å². The number of halogens is 1. The number of para-hydroxylation sites is 1. The minimum absolute atomic E-state index is 0.161. The van der Waals surface area contributed by atoms with Crippen molar-refractivity contribution in [1.29, 1.82) is 0 Å². The van der Waals surface area contributed by atoms with Gasteiger partial charge < -0.3 is 10.1 Å². The van der Waals surface area contributed by atoms with E-state index < -0.39 is 10.8 Å². The molecule has 0 aliphatic carbocycles. The average Bonchev–Trinajstić information content (AvgIpc) is 3.36. The van der Waals surface area contributed by atoms with E-state index in [-0.39, 0.29) is 22.8 Å². The van der Waals surface area contributed by atoms with E-state index in [1.165, 1.54) is 18.2 Å². The number of anilines is 1. The lowest BCUT2D eigenvalue weighted by molar-refractivity contribution is -0.384. The summed E-state index contributed by atoms with van der Waals surface area (Å²) >= 11 is 3.49. The van der Waals surface area contributed by atoms with Crippen LogP contribution in [0.1, 0.15) is 27.4 Å². The van der Waals surface area contributed by atoms with Crippen LogP contribution >= 0.6 is 15.9 Å². The summed E-state index contributed by atoms with van der Waals surface area (Å²) in [6, 6.07) is 13.0.